The fourth-order valence-electron chi connectivity index (χ4n) is 4.66. The van der Waals surface area contributed by atoms with Gasteiger partial charge in [0.25, 0.3) is 5.91 Å². The number of pyridine rings is 1. The number of primary amides is 1. The van der Waals surface area contributed by atoms with E-state index < -0.39 is 27.9 Å². The van der Waals surface area contributed by atoms with Crippen LogP contribution in [0, 0.1) is 5.41 Å². The van der Waals surface area contributed by atoms with Crippen LogP contribution < -0.4 is 10.5 Å². The third kappa shape index (κ3) is 8.27. The predicted octanol–water partition coefficient (Wildman–Crippen LogP) is 6.07. The SMILES string of the molecule is C[C@@H](Oc1cc(-c2cnc3ccc(CN(CC(C)(C)C)C(=O)O)cn23)sc1C(N)=O)c1ccc(CCS(C)(=O)=O)cc1Cl. The number of aryl methyl sites for hydroxylation is 1. The highest BCUT2D eigenvalue weighted by Crippen LogP contribution is 2.39. The van der Waals surface area contributed by atoms with Gasteiger partial charge in [0, 0.05) is 35.6 Å². The predicted molar refractivity (Wildman–Crippen MR) is 169 cm³/mol. The number of sulfone groups is 1. The van der Waals surface area contributed by atoms with Gasteiger partial charge in [0.1, 0.15) is 32.2 Å². The summed E-state index contributed by atoms with van der Waals surface area (Å²) < 4.78 is 31.1. The second-order valence-corrected chi connectivity index (χ2v) is 15.5. The number of hydrogen-bond acceptors (Lipinski definition) is 7. The molecular weight excluding hydrogens is 612 g/mol. The molecule has 0 unspecified atom stereocenters. The Morgan fingerprint density at radius 3 is 2.49 bits per heavy atom. The molecule has 0 fully saturated rings. The maximum atomic E-state index is 12.4. The first-order valence-electron chi connectivity index (χ1n) is 13.5. The molecule has 3 aromatic heterocycles. The molecule has 230 valence electrons. The number of carboxylic acid groups (broad SMARTS) is 1. The van der Waals surface area contributed by atoms with Gasteiger partial charge in [0.05, 0.1) is 29.1 Å². The van der Waals surface area contributed by atoms with Crippen LogP contribution in [0.4, 0.5) is 4.79 Å². The number of thiophene rings is 1. The van der Waals surface area contributed by atoms with Crippen LogP contribution in [-0.4, -0.2) is 58.4 Å². The van der Waals surface area contributed by atoms with Crippen molar-refractivity contribution in [3.05, 3.63) is 75.4 Å². The van der Waals surface area contributed by atoms with E-state index in [1.54, 1.807) is 31.3 Å². The Morgan fingerprint density at radius 1 is 1.19 bits per heavy atom. The van der Waals surface area contributed by atoms with Crippen molar-refractivity contribution in [2.45, 2.75) is 46.8 Å². The minimum Gasteiger partial charge on any atom is -0.484 e. The fraction of sp³-hybridized carbons (Fsp3) is 0.367. The van der Waals surface area contributed by atoms with E-state index in [9.17, 15) is 23.1 Å². The number of carbonyl (C=O) groups excluding carboxylic acids is 1. The number of fused-ring (bicyclic) bond motifs is 1. The number of benzene rings is 1. The summed E-state index contributed by atoms with van der Waals surface area (Å²) >= 11 is 7.70. The van der Waals surface area contributed by atoms with Crippen molar-refractivity contribution >= 4 is 50.4 Å². The van der Waals surface area contributed by atoms with Gasteiger partial charge in [-0.15, -0.1) is 11.3 Å². The van der Waals surface area contributed by atoms with Gasteiger partial charge < -0.3 is 20.5 Å². The number of aromatic nitrogens is 2. The Morgan fingerprint density at radius 2 is 1.88 bits per heavy atom. The van der Waals surface area contributed by atoms with E-state index >= 15 is 0 Å². The number of carbonyl (C=O) groups is 2. The third-order valence-corrected chi connectivity index (χ3v) is 9.04. The molecule has 3 heterocycles. The van der Waals surface area contributed by atoms with Gasteiger partial charge in [-0.2, -0.15) is 0 Å². The summed E-state index contributed by atoms with van der Waals surface area (Å²) in [7, 11) is -3.11. The van der Waals surface area contributed by atoms with Gasteiger partial charge in [-0.3, -0.25) is 9.20 Å². The standard InChI is InChI=1S/C30H35ClN4O6S2/c1-18(21-8-6-19(12-22(21)31)10-11-43(5,39)40)41-24-13-25(42-27(24)28(32)36)23-14-33-26-9-7-20(16-35(23)26)15-34(29(37)38)17-30(2,3)4/h6-9,12-14,16,18H,10-11,15,17H2,1-5H3,(H2,32,36)(H,37,38)/t18-/m1/s1. The molecule has 13 heteroatoms. The molecular formula is C30H35ClN4O6S2. The summed E-state index contributed by atoms with van der Waals surface area (Å²) in [4.78, 5) is 31.1. The Kier molecular flexibility index (Phi) is 9.43. The van der Waals surface area contributed by atoms with Crippen molar-refractivity contribution in [2.75, 3.05) is 18.6 Å². The number of hydrogen-bond donors (Lipinski definition) is 2. The summed E-state index contributed by atoms with van der Waals surface area (Å²) in [6.07, 6.45) is 3.52. The molecule has 43 heavy (non-hydrogen) atoms. The van der Waals surface area contributed by atoms with E-state index in [2.05, 4.69) is 4.98 Å². The number of halogens is 1. The molecule has 1 aromatic carbocycles. The van der Waals surface area contributed by atoms with E-state index in [0.717, 1.165) is 11.1 Å². The monoisotopic (exact) mass is 646 g/mol. The lowest BCUT2D eigenvalue weighted by atomic mass is 9.96. The average Bonchev–Trinajstić information content (AvgIpc) is 3.49. The van der Waals surface area contributed by atoms with Crippen molar-refractivity contribution in [3.8, 4) is 16.3 Å². The largest absolute Gasteiger partial charge is 0.484 e. The average molecular weight is 647 g/mol. The number of ether oxygens (including phenoxy) is 1. The van der Waals surface area contributed by atoms with Gasteiger partial charge >= 0.3 is 6.09 Å². The lowest BCUT2D eigenvalue weighted by Crippen LogP contribution is -2.36. The normalized spacial score (nSPS) is 12.8. The fourth-order valence-corrected chi connectivity index (χ4v) is 6.57. The molecule has 4 aromatic rings. The van der Waals surface area contributed by atoms with Gasteiger partial charge in [-0.05, 0) is 42.0 Å². The molecule has 0 spiro atoms. The number of amides is 2. The van der Waals surface area contributed by atoms with Gasteiger partial charge in [-0.25, -0.2) is 18.2 Å². The number of nitrogens with two attached hydrogens (primary N) is 1. The second kappa shape index (κ2) is 12.6. The second-order valence-electron chi connectivity index (χ2n) is 11.8. The zero-order chi connectivity index (χ0) is 31.7. The number of nitrogens with zero attached hydrogens (tertiary/aromatic N) is 3. The smallest absolute Gasteiger partial charge is 0.407 e. The first-order valence-corrected chi connectivity index (χ1v) is 16.8. The summed E-state index contributed by atoms with van der Waals surface area (Å²) in [6, 6.07) is 10.7. The third-order valence-electron chi connectivity index (χ3n) is 6.62. The molecule has 0 aliphatic rings. The van der Waals surface area contributed by atoms with Crippen molar-refractivity contribution < 1.29 is 27.9 Å². The molecule has 3 N–H and O–H groups in total. The van der Waals surface area contributed by atoms with E-state index in [-0.39, 0.29) is 22.6 Å². The molecule has 0 aliphatic carbocycles. The minimum absolute atomic E-state index is 0.0217. The quantitative estimate of drug-likeness (QED) is 0.201. The molecule has 0 radical (unpaired) electrons. The number of imidazole rings is 1. The summed E-state index contributed by atoms with van der Waals surface area (Å²) in [5, 5.41) is 10.2. The highest BCUT2D eigenvalue weighted by molar-refractivity contribution is 7.90. The molecule has 0 bridgehead atoms. The lowest BCUT2D eigenvalue weighted by Gasteiger charge is -2.27. The van der Waals surface area contributed by atoms with Crippen molar-refractivity contribution in [3.63, 3.8) is 0 Å². The summed E-state index contributed by atoms with van der Waals surface area (Å²) in [5.41, 5.74) is 9.11. The summed E-state index contributed by atoms with van der Waals surface area (Å²) in [6.45, 7) is 8.33. The van der Waals surface area contributed by atoms with Crippen LogP contribution in [0.15, 0.2) is 48.8 Å². The molecule has 0 aliphatic heterocycles. The zero-order valence-corrected chi connectivity index (χ0v) is 27.0. The Bertz CT molecular complexity index is 1770. The molecule has 0 saturated heterocycles. The van der Waals surface area contributed by atoms with Crippen LogP contribution in [0.1, 0.15) is 60.2 Å². The lowest BCUT2D eigenvalue weighted by molar-refractivity contribution is 0.0998. The molecule has 2 amide bonds. The Hall–Kier alpha value is -3.61. The topological polar surface area (TPSA) is 144 Å². The Labute approximate surface area is 260 Å². The van der Waals surface area contributed by atoms with E-state index in [0.29, 0.717) is 45.5 Å². The van der Waals surface area contributed by atoms with Crippen LogP contribution in [0.2, 0.25) is 5.02 Å². The van der Waals surface area contributed by atoms with Crippen LogP contribution in [0.25, 0.3) is 16.2 Å². The molecule has 4 rings (SSSR count). The van der Waals surface area contributed by atoms with E-state index in [4.69, 9.17) is 22.1 Å². The van der Waals surface area contributed by atoms with Crippen LogP contribution in [-0.2, 0) is 22.8 Å². The van der Waals surface area contributed by atoms with Gasteiger partial charge in [0.2, 0.25) is 0 Å². The van der Waals surface area contributed by atoms with Crippen molar-refractivity contribution in [1.82, 2.24) is 14.3 Å². The minimum atomic E-state index is -3.11. The maximum Gasteiger partial charge on any atom is 0.407 e. The van der Waals surface area contributed by atoms with Crippen LogP contribution in [0.3, 0.4) is 0 Å². The molecule has 0 saturated carbocycles. The maximum absolute atomic E-state index is 12.4. The Balaban J connectivity index is 1.61. The van der Waals surface area contributed by atoms with Gasteiger partial charge in [0.15, 0.2) is 0 Å². The van der Waals surface area contributed by atoms with E-state index in [1.807, 2.05) is 49.6 Å². The highest BCUT2D eigenvalue weighted by Gasteiger charge is 2.23. The van der Waals surface area contributed by atoms with Gasteiger partial charge in [-0.1, -0.05) is 50.6 Å². The number of rotatable bonds is 11. The molecule has 1 atom stereocenters. The van der Waals surface area contributed by atoms with E-state index in [1.165, 1.54) is 22.5 Å². The van der Waals surface area contributed by atoms with Crippen LogP contribution in [0.5, 0.6) is 5.75 Å². The molecule has 10 nitrogen and oxygen atoms in total. The highest BCUT2D eigenvalue weighted by atomic mass is 35.5. The first-order chi connectivity index (χ1) is 20.0. The van der Waals surface area contributed by atoms with Crippen molar-refractivity contribution in [1.29, 1.82) is 0 Å². The summed E-state index contributed by atoms with van der Waals surface area (Å²) in [5.74, 6) is -0.325. The first kappa shape index (κ1) is 32.3. The van der Waals surface area contributed by atoms with Crippen molar-refractivity contribution in [2.24, 2.45) is 11.1 Å². The van der Waals surface area contributed by atoms with Crippen LogP contribution >= 0.6 is 22.9 Å². The zero-order valence-electron chi connectivity index (χ0n) is 24.6.